The van der Waals surface area contributed by atoms with Crippen molar-refractivity contribution in [1.82, 2.24) is 5.32 Å². The largest absolute Gasteiger partial charge is 0.481 e. The monoisotopic (exact) mass is 363 g/mol. The van der Waals surface area contributed by atoms with Crippen molar-refractivity contribution in [1.29, 1.82) is 0 Å². The summed E-state index contributed by atoms with van der Waals surface area (Å²) < 4.78 is 0. The van der Waals surface area contributed by atoms with Gasteiger partial charge in [0.15, 0.2) is 0 Å². The van der Waals surface area contributed by atoms with Gasteiger partial charge in [0.25, 0.3) is 0 Å². The van der Waals surface area contributed by atoms with E-state index >= 15 is 0 Å². The van der Waals surface area contributed by atoms with Crippen LogP contribution in [0.5, 0.6) is 0 Å². The summed E-state index contributed by atoms with van der Waals surface area (Å²) in [5.41, 5.74) is 0.394. The molecule has 148 valence electrons. The number of fused-ring (bicyclic) bond motifs is 2. The van der Waals surface area contributed by atoms with Gasteiger partial charge in [-0.2, -0.15) is 0 Å². The van der Waals surface area contributed by atoms with Crippen molar-refractivity contribution in [2.75, 3.05) is 0 Å². The molecule has 3 saturated carbocycles. The Morgan fingerprint density at radius 1 is 1.12 bits per heavy atom. The van der Waals surface area contributed by atoms with Crippen LogP contribution in [-0.4, -0.2) is 23.0 Å². The van der Waals surface area contributed by atoms with Crippen LogP contribution in [0.1, 0.15) is 85.0 Å². The highest BCUT2D eigenvalue weighted by Gasteiger charge is 2.57. The molecule has 0 saturated heterocycles. The Hall–Kier alpha value is -1.32. The number of hydrogen-bond donors (Lipinski definition) is 2. The molecule has 0 heterocycles. The third kappa shape index (κ3) is 5.34. The molecule has 26 heavy (non-hydrogen) atoms. The second kappa shape index (κ2) is 9.57. The summed E-state index contributed by atoms with van der Waals surface area (Å²) in [7, 11) is 0. The van der Waals surface area contributed by atoms with Crippen molar-refractivity contribution >= 4 is 11.9 Å². The van der Waals surface area contributed by atoms with E-state index in [1.807, 2.05) is 0 Å². The molecule has 0 spiro atoms. The number of unbranched alkanes of at least 4 members (excludes halogenated alkanes) is 3. The van der Waals surface area contributed by atoms with Crippen molar-refractivity contribution in [3.05, 3.63) is 12.2 Å². The van der Waals surface area contributed by atoms with Crippen LogP contribution < -0.4 is 5.32 Å². The van der Waals surface area contributed by atoms with Crippen LogP contribution in [0.3, 0.4) is 0 Å². The summed E-state index contributed by atoms with van der Waals surface area (Å²) in [6.07, 6.45) is 13.4. The highest BCUT2D eigenvalue weighted by Crippen LogP contribution is 2.62. The Labute approximate surface area is 158 Å². The molecule has 3 aliphatic rings. The number of carbonyl (C=O) groups excluding carboxylic acids is 1. The Morgan fingerprint density at radius 2 is 1.88 bits per heavy atom. The van der Waals surface area contributed by atoms with E-state index in [2.05, 4.69) is 38.2 Å². The van der Waals surface area contributed by atoms with E-state index in [1.54, 1.807) is 0 Å². The molecule has 0 unspecified atom stereocenters. The molecule has 3 aliphatic carbocycles. The Morgan fingerprint density at radius 3 is 2.54 bits per heavy atom. The average Bonchev–Trinajstić information content (AvgIpc) is 2.58. The van der Waals surface area contributed by atoms with Gasteiger partial charge < -0.3 is 10.4 Å². The summed E-state index contributed by atoms with van der Waals surface area (Å²) in [6.45, 7) is 6.93. The van der Waals surface area contributed by atoms with Gasteiger partial charge in [0.2, 0.25) is 5.91 Å². The molecule has 0 radical (unpaired) electrons. The fourth-order valence-corrected chi connectivity index (χ4v) is 5.00. The normalized spacial score (nSPS) is 29.3. The summed E-state index contributed by atoms with van der Waals surface area (Å²) >= 11 is 0. The van der Waals surface area contributed by atoms with Crippen molar-refractivity contribution in [2.45, 2.75) is 91.0 Å². The van der Waals surface area contributed by atoms with Crippen LogP contribution in [-0.2, 0) is 9.59 Å². The minimum atomic E-state index is -0.723. The molecule has 1 amide bonds. The first-order valence-electron chi connectivity index (χ1n) is 10.5. The first-order chi connectivity index (χ1) is 12.4. The maximum Gasteiger partial charge on any atom is 0.303 e. The first kappa shape index (κ1) is 21.0. The molecule has 3 rings (SSSR count). The predicted molar refractivity (Wildman–Crippen MR) is 105 cm³/mol. The molecule has 4 heteroatoms. The number of carbonyl (C=O) groups is 2. The molecule has 0 aromatic heterocycles. The third-order valence-corrected chi connectivity index (χ3v) is 6.81. The third-order valence-electron chi connectivity index (χ3n) is 6.81. The molecule has 4 nitrogen and oxygen atoms in total. The van der Waals surface area contributed by atoms with E-state index in [0.29, 0.717) is 36.1 Å². The van der Waals surface area contributed by atoms with Gasteiger partial charge in [-0.15, -0.1) is 0 Å². The van der Waals surface area contributed by atoms with Gasteiger partial charge in [-0.3, -0.25) is 9.59 Å². The minimum absolute atomic E-state index is 0.220. The number of rotatable bonds is 11. The number of nitrogens with one attached hydrogen (secondary N) is 1. The number of carboxylic acids is 1. The van der Waals surface area contributed by atoms with Crippen LogP contribution in [0.4, 0.5) is 0 Å². The number of amides is 1. The molecule has 0 aromatic carbocycles. The SMILES string of the molecule is CCCCCC(=O)N[C@H]1C[C@H]2C[C@@H]([C@@H]1C/C=C/CCCC(=O)O)C2(C)C. The second-order valence-corrected chi connectivity index (χ2v) is 8.88. The van der Waals surface area contributed by atoms with Crippen molar-refractivity contribution in [2.24, 2.45) is 23.2 Å². The summed E-state index contributed by atoms with van der Waals surface area (Å²) in [5.74, 6) is 1.44. The Bertz CT molecular complexity index is 512. The zero-order chi connectivity index (χ0) is 19.2. The minimum Gasteiger partial charge on any atom is -0.481 e. The summed E-state index contributed by atoms with van der Waals surface area (Å²) in [5, 5.41) is 12.0. The van der Waals surface area contributed by atoms with Gasteiger partial charge in [-0.1, -0.05) is 45.8 Å². The van der Waals surface area contributed by atoms with Gasteiger partial charge >= 0.3 is 5.97 Å². The lowest BCUT2D eigenvalue weighted by molar-refractivity contribution is -0.137. The van der Waals surface area contributed by atoms with Crippen LogP contribution in [0.15, 0.2) is 12.2 Å². The van der Waals surface area contributed by atoms with Crippen molar-refractivity contribution < 1.29 is 14.7 Å². The van der Waals surface area contributed by atoms with E-state index in [9.17, 15) is 9.59 Å². The zero-order valence-corrected chi connectivity index (χ0v) is 16.8. The molecule has 0 aliphatic heterocycles. The Kier molecular flexibility index (Phi) is 7.72. The smallest absolute Gasteiger partial charge is 0.303 e. The number of allylic oxidation sites excluding steroid dienone is 2. The maximum absolute atomic E-state index is 12.3. The second-order valence-electron chi connectivity index (χ2n) is 8.88. The molecule has 2 bridgehead atoms. The molecular weight excluding hydrogens is 326 g/mol. The lowest BCUT2D eigenvalue weighted by Crippen LogP contribution is -2.61. The highest BCUT2D eigenvalue weighted by atomic mass is 16.4. The lowest BCUT2D eigenvalue weighted by atomic mass is 9.44. The van der Waals surface area contributed by atoms with E-state index in [-0.39, 0.29) is 12.3 Å². The van der Waals surface area contributed by atoms with Gasteiger partial charge in [-0.05, 0) is 61.7 Å². The molecule has 0 aromatic rings. The fourth-order valence-electron chi connectivity index (χ4n) is 5.00. The maximum atomic E-state index is 12.3. The fraction of sp³-hybridized carbons (Fsp3) is 0.818. The van der Waals surface area contributed by atoms with E-state index in [1.165, 1.54) is 6.42 Å². The zero-order valence-electron chi connectivity index (χ0n) is 16.8. The van der Waals surface area contributed by atoms with E-state index in [4.69, 9.17) is 5.11 Å². The first-order valence-corrected chi connectivity index (χ1v) is 10.5. The van der Waals surface area contributed by atoms with E-state index < -0.39 is 5.97 Å². The highest BCUT2D eigenvalue weighted by molar-refractivity contribution is 5.76. The van der Waals surface area contributed by atoms with Gasteiger partial charge in [0, 0.05) is 18.9 Å². The topological polar surface area (TPSA) is 66.4 Å². The van der Waals surface area contributed by atoms with Crippen LogP contribution in [0.2, 0.25) is 0 Å². The standard InChI is InChI=1S/C22H37NO3/c1-4-5-8-12-20(24)23-19-15-16-14-18(22(16,2)3)17(19)11-9-6-7-10-13-21(25)26/h6,9,16-19H,4-5,7-8,10-15H2,1-3H3,(H,23,24)(H,25,26)/b9-6+/t16-,17+,18+,19+/m1/s1. The van der Waals surface area contributed by atoms with Crippen LogP contribution >= 0.6 is 0 Å². The molecule has 2 N–H and O–H groups in total. The average molecular weight is 364 g/mol. The molecule has 4 atom stereocenters. The number of hydrogen-bond acceptors (Lipinski definition) is 2. The molecular formula is C22H37NO3. The number of carboxylic acid groups (broad SMARTS) is 1. The quantitative estimate of drug-likeness (QED) is 0.404. The van der Waals surface area contributed by atoms with Crippen molar-refractivity contribution in [3.63, 3.8) is 0 Å². The van der Waals surface area contributed by atoms with E-state index in [0.717, 1.165) is 44.4 Å². The molecule has 3 fully saturated rings. The summed E-state index contributed by atoms with van der Waals surface area (Å²) in [4.78, 5) is 22.9. The van der Waals surface area contributed by atoms with Gasteiger partial charge in [0.1, 0.15) is 0 Å². The van der Waals surface area contributed by atoms with Crippen molar-refractivity contribution in [3.8, 4) is 0 Å². The summed E-state index contributed by atoms with van der Waals surface area (Å²) in [6, 6.07) is 0.310. The Balaban J connectivity index is 1.86. The number of aliphatic carboxylic acids is 1. The predicted octanol–water partition coefficient (Wildman–Crippen LogP) is 4.93. The lowest BCUT2D eigenvalue weighted by Gasteiger charge is -2.62. The van der Waals surface area contributed by atoms with Gasteiger partial charge in [-0.25, -0.2) is 0 Å². The van der Waals surface area contributed by atoms with Crippen LogP contribution in [0.25, 0.3) is 0 Å². The van der Waals surface area contributed by atoms with Crippen LogP contribution in [0, 0.1) is 23.2 Å². The van der Waals surface area contributed by atoms with Gasteiger partial charge in [0.05, 0.1) is 0 Å².